The lowest BCUT2D eigenvalue weighted by Crippen LogP contribution is -2.25. The zero-order valence-electron chi connectivity index (χ0n) is 10.7. The van der Waals surface area contributed by atoms with Crippen molar-refractivity contribution in [1.29, 1.82) is 0 Å². The van der Waals surface area contributed by atoms with Gasteiger partial charge in [0.05, 0.1) is 6.54 Å². The fraction of sp³-hybridized carbons (Fsp3) is 0.333. The molecule has 1 aliphatic heterocycles. The normalized spacial score (nSPS) is 15.6. The van der Waals surface area contributed by atoms with Crippen LogP contribution in [0.4, 0.5) is 0 Å². The summed E-state index contributed by atoms with van der Waals surface area (Å²) in [6.45, 7) is 3.09. The van der Waals surface area contributed by atoms with Crippen molar-refractivity contribution >= 4 is 0 Å². The molecule has 3 rings (SSSR count). The van der Waals surface area contributed by atoms with Crippen LogP contribution in [0.5, 0.6) is 5.75 Å². The summed E-state index contributed by atoms with van der Waals surface area (Å²) >= 11 is 0. The van der Waals surface area contributed by atoms with E-state index in [1.165, 1.54) is 5.56 Å². The molecule has 0 fully saturated rings. The van der Waals surface area contributed by atoms with E-state index >= 15 is 0 Å². The van der Waals surface area contributed by atoms with Crippen LogP contribution in [-0.2, 0) is 19.7 Å². The fourth-order valence-electron chi connectivity index (χ4n) is 2.33. The van der Waals surface area contributed by atoms with E-state index in [0.29, 0.717) is 12.4 Å². The van der Waals surface area contributed by atoms with Gasteiger partial charge in [-0.2, -0.15) is 0 Å². The molecule has 100 valence electrons. The number of nitrogens with zero attached hydrogens (tertiary/aromatic N) is 1. The molecule has 0 unspecified atom stereocenters. The summed E-state index contributed by atoms with van der Waals surface area (Å²) in [7, 11) is 0. The number of aliphatic hydroxyl groups is 1. The molecule has 1 N–H and O–H groups in total. The Morgan fingerprint density at radius 2 is 1.95 bits per heavy atom. The maximum absolute atomic E-state index is 9.00. The Labute approximate surface area is 112 Å². The molecule has 0 aliphatic carbocycles. The largest absolute Gasteiger partial charge is 0.492 e. The van der Waals surface area contributed by atoms with Gasteiger partial charge >= 0.3 is 0 Å². The molecule has 4 nitrogen and oxygen atoms in total. The molecule has 0 amide bonds. The van der Waals surface area contributed by atoms with Gasteiger partial charge < -0.3 is 14.3 Å². The van der Waals surface area contributed by atoms with Crippen LogP contribution >= 0.6 is 0 Å². The van der Waals surface area contributed by atoms with Crippen molar-refractivity contribution in [3.8, 4) is 5.75 Å². The van der Waals surface area contributed by atoms with E-state index in [1.807, 2.05) is 30.3 Å². The van der Waals surface area contributed by atoms with Gasteiger partial charge in [-0.15, -0.1) is 0 Å². The number of hydrogen-bond acceptors (Lipinski definition) is 4. The van der Waals surface area contributed by atoms with Crippen LogP contribution in [0, 0.1) is 0 Å². The van der Waals surface area contributed by atoms with Crippen LogP contribution in [-0.4, -0.2) is 23.2 Å². The maximum Gasteiger partial charge on any atom is 0.129 e. The minimum Gasteiger partial charge on any atom is -0.492 e. The lowest BCUT2D eigenvalue weighted by Gasteiger charge is -2.17. The van der Waals surface area contributed by atoms with E-state index in [0.717, 1.165) is 31.1 Å². The third-order valence-corrected chi connectivity index (χ3v) is 3.28. The van der Waals surface area contributed by atoms with Crippen molar-refractivity contribution < 1.29 is 14.3 Å². The molecule has 1 aromatic heterocycles. The Balaban J connectivity index is 1.72. The van der Waals surface area contributed by atoms with Gasteiger partial charge in [-0.05, 0) is 18.2 Å². The standard InChI is InChI=1S/C15H17NO3/c17-11-14-6-5-13(19-14)10-16-7-8-18-15-4-2-1-3-12(15)9-16/h1-6,17H,7-11H2. The number of furan rings is 1. The molecule has 1 aliphatic rings. The Hall–Kier alpha value is -1.78. The topological polar surface area (TPSA) is 45.8 Å². The average molecular weight is 259 g/mol. The summed E-state index contributed by atoms with van der Waals surface area (Å²) in [5, 5.41) is 9.00. The lowest BCUT2D eigenvalue weighted by atomic mass is 10.2. The first-order valence-corrected chi connectivity index (χ1v) is 6.46. The average Bonchev–Trinajstić information content (AvgIpc) is 2.78. The summed E-state index contributed by atoms with van der Waals surface area (Å²) in [6.07, 6.45) is 0. The first kappa shape index (κ1) is 12.3. The second kappa shape index (κ2) is 5.47. The number of aliphatic hydroxyl groups excluding tert-OH is 1. The fourth-order valence-corrected chi connectivity index (χ4v) is 2.33. The number of rotatable bonds is 3. The van der Waals surface area contributed by atoms with Crippen LogP contribution < -0.4 is 4.74 Å². The van der Waals surface area contributed by atoms with Gasteiger partial charge in [0, 0.05) is 18.7 Å². The molecule has 0 saturated carbocycles. The van der Waals surface area contributed by atoms with Crippen molar-refractivity contribution in [3.05, 3.63) is 53.5 Å². The molecule has 0 atom stereocenters. The molecule has 2 aromatic rings. The van der Waals surface area contributed by atoms with E-state index in [1.54, 1.807) is 0 Å². The number of benzene rings is 1. The molecule has 0 radical (unpaired) electrons. The predicted octanol–water partition coefficient (Wildman–Crippen LogP) is 2.17. The summed E-state index contributed by atoms with van der Waals surface area (Å²) in [5.41, 5.74) is 1.20. The molecule has 2 heterocycles. The number of hydrogen-bond donors (Lipinski definition) is 1. The molecule has 4 heteroatoms. The zero-order chi connectivity index (χ0) is 13.1. The summed E-state index contributed by atoms with van der Waals surface area (Å²) in [5.74, 6) is 2.46. The monoisotopic (exact) mass is 259 g/mol. The lowest BCUT2D eigenvalue weighted by molar-refractivity contribution is 0.197. The van der Waals surface area contributed by atoms with Gasteiger partial charge in [0.15, 0.2) is 0 Å². The van der Waals surface area contributed by atoms with E-state index in [4.69, 9.17) is 14.3 Å². The van der Waals surface area contributed by atoms with Crippen LogP contribution in [0.2, 0.25) is 0 Å². The van der Waals surface area contributed by atoms with Crippen molar-refractivity contribution in [2.75, 3.05) is 13.2 Å². The third-order valence-electron chi connectivity index (χ3n) is 3.28. The number of para-hydroxylation sites is 1. The van der Waals surface area contributed by atoms with E-state index in [-0.39, 0.29) is 6.61 Å². The van der Waals surface area contributed by atoms with Crippen LogP contribution in [0.25, 0.3) is 0 Å². The Morgan fingerprint density at radius 1 is 1.11 bits per heavy atom. The molecule has 0 spiro atoms. The highest BCUT2D eigenvalue weighted by atomic mass is 16.5. The van der Waals surface area contributed by atoms with Crippen molar-refractivity contribution in [2.45, 2.75) is 19.7 Å². The van der Waals surface area contributed by atoms with E-state index in [2.05, 4.69) is 11.0 Å². The molecule has 1 aromatic carbocycles. The Morgan fingerprint density at radius 3 is 2.79 bits per heavy atom. The highest BCUT2D eigenvalue weighted by Gasteiger charge is 2.16. The van der Waals surface area contributed by atoms with Gasteiger partial charge in [-0.3, -0.25) is 4.90 Å². The predicted molar refractivity (Wildman–Crippen MR) is 70.7 cm³/mol. The van der Waals surface area contributed by atoms with Gasteiger partial charge in [0.25, 0.3) is 0 Å². The highest BCUT2D eigenvalue weighted by molar-refractivity contribution is 5.33. The summed E-state index contributed by atoms with van der Waals surface area (Å²) in [6, 6.07) is 11.9. The second-order valence-corrected chi connectivity index (χ2v) is 4.69. The molecule has 19 heavy (non-hydrogen) atoms. The van der Waals surface area contributed by atoms with Gasteiger partial charge in [-0.25, -0.2) is 0 Å². The number of fused-ring (bicyclic) bond motifs is 1. The van der Waals surface area contributed by atoms with Gasteiger partial charge in [0.1, 0.15) is 30.5 Å². The first-order valence-electron chi connectivity index (χ1n) is 6.46. The van der Waals surface area contributed by atoms with Crippen LogP contribution in [0.15, 0.2) is 40.8 Å². The minimum atomic E-state index is -0.0497. The van der Waals surface area contributed by atoms with E-state index < -0.39 is 0 Å². The maximum atomic E-state index is 9.00. The van der Waals surface area contributed by atoms with Gasteiger partial charge in [0.2, 0.25) is 0 Å². The van der Waals surface area contributed by atoms with Crippen molar-refractivity contribution in [3.63, 3.8) is 0 Å². The van der Waals surface area contributed by atoms with Crippen LogP contribution in [0.3, 0.4) is 0 Å². The molecular weight excluding hydrogens is 242 g/mol. The summed E-state index contributed by atoms with van der Waals surface area (Å²) in [4.78, 5) is 2.28. The highest BCUT2D eigenvalue weighted by Crippen LogP contribution is 2.23. The third kappa shape index (κ3) is 2.80. The Bertz CT molecular complexity index is 550. The van der Waals surface area contributed by atoms with Crippen molar-refractivity contribution in [1.82, 2.24) is 4.90 Å². The second-order valence-electron chi connectivity index (χ2n) is 4.69. The van der Waals surface area contributed by atoms with Gasteiger partial charge in [-0.1, -0.05) is 18.2 Å². The molecule has 0 saturated heterocycles. The number of ether oxygens (including phenoxy) is 1. The van der Waals surface area contributed by atoms with Crippen molar-refractivity contribution in [2.24, 2.45) is 0 Å². The molecule has 0 bridgehead atoms. The quantitative estimate of drug-likeness (QED) is 0.917. The minimum absolute atomic E-state index is 0.0497. The van der Waals surface area contributed by atoms with E-state index in [9.17, 15) is 0 Å². The summed E-state index contributed by atoms with van der Waals surface area (Å²) < 4.78 is 11.3. The first-order chi connectivity index (χ1) is 9.35. The van der Waals surface area contributed by atoms with Crippen LogP contribution in [0.1, 0.15) is 17.1 Å². The zero-order valence-corrected chi connectivity index (χ0v) is 10.7. The SMILES string of the molecule is OCc1ccc(CN2CCOc3ccccc3C2)o1. The smallest absolute Gasteiger partial charge is 0.129 e. The molecular formula is C15H17NO3. The Kier molecular flexibility index (Phi) is 3.53.